The van der Waals surface area contributed by atoms with Gasteiger partial charge in [-0.2, -0.15) is 0 Å². The number of hydrogen-bond donors (Lipinski definition) is 1. The van der Waals surface area contributed by atoms with Crippen LogP contribution in [0.3, 0.4) is 0 Å². The average molecular weight is 315 g/mol. The van der Waals surface area contributed by atoms with E-state index in [4.69, 9.17) is 15.2 Å². The Hall–Kier alpha value is -1.76. The highest BCUT2D eigenvalue weighted by atomic mass is 32.2. The Bertz CT molecular complexity index is 583. The summed E-state index contributed by atoms with van der Waals surface area (Å²) in [7, 11) is -3.01. The third-order valence-electron chi connectivity index (χ3n) is 2.80. The first-order valence-corrected chi connectivity index (χ1v) is 8.61. The van der Waals surface area contributed by atoms with Gasteiger partial charge in [0.25, 0.3) is 0 Å². The molecule has 1 aromatic carbocycles. The van der Waals surface area contributed by atoms with Crippen LogP contribution in [0.25, 0.3) is 0 Å². The molecule has 21 heavy (non-hydrogen) atoms. The van der Waals surface area contributed by atoms with Gasteiger partial charge in [-0.15, -0.1) is 0 Å². The van der Waals surface area contributed by atoms with E-state index in [1.54, 1.807) is 26.0 Å². The van der Waals surface area contributed by atoms with Gasteiger partial charge in [0.15, 0.2) is 0 Å². The molecule has 0 amide bonds. The second-order valence-electron chi connectivity index (χ2n) is 4.41. The van der Waals surface area contributed by atoms with E-state index < -0.39 is 15.8 Å². The van der Waals surface area contributed by atoms with E-state index in [-0.39, 0.29) is 30.3 Å². The topological polar surface area (TPSA) is 95.7 Å². The van der Waals surface area contributed by atoms with Crippen LogP contribution >= 0.6 is 0 Å². The van der Waals surface area contributed by atoms with E-state index in [2.05, 4.69) is 0 Å². The number of rotatable bonds is 8. The molecule has 0 fully saturated rings. The predicted molar refractivity (Wildman–Crippen MR) is 81.3 cm³/mol. The fourth-order valence-corrected chi connectivity index (χ4v) is 2.49. The highest BCUT2D eigenvalue weighted by Gasteiger charge is 2.14. The van der Waals surface area contributed by atoms with Crippen molar-refractivity contribution in [3.63, 3.8) is 0 Å². The van der Waals surface area contributed by atoms with Gasteiger partial charge in [-0.05, 0) is 31.5 Å². The molecule has 0 saturated carbocycles. The number of carbonyl (C=O) groups excluding carboxylic acids is 1. The van der Waals surface area contributed by atoms with E-state index in [0.29, 0.717) is 17.9 Å². The highest BCUT2D eigenvalue weighted by molar-refractivity contribution is 7.91. The van der Waals surface area contributed by atoms with Gasteiger partial charge in [-0.25, -0.2) is 13.2 Å². The lowest BCUT2D eigenvalue weighted by molar-refractivity contribution is 0.0521. The van der Waals surface area contributed by atoms with Crippen LogP contribution in [-0.4, -0.2) is 39.1 Å². The first kappa shape index (κ1) is 17.3. The Morgan fingerprint density at radius 1 is 1.29 bits per heavy atom. The molecule has 0 aliphatic carbocycles. The predicted octanol–water partition coefficient (Wildman–Crippen LogP) is 1.65. The van der Waals surface area contributed by atoms with Gasteiger partial charge in [-0.3, -0.25) is 0 Å². The molecule has 0 heterocycles. The van der Waals surface area contributed by atoms with E-state index in [1.807, 2.05) is 0 Å². The fourth-order valence-electron chi connectivity index (χ4n) is 1.65. The number of anilines is 1. The number of ether oxygens (including phenoxy) is 2. The smallest absolute Gasteiger partial charge is 0.341 e. The fraction of sp³-hybridized carbons (Fsp3) is 0.500. The maximum atomic E-state index is 11.8. The summed E-state index contributed by atoms with van der Waals surface area (Å²) >= 11 is 0. The summed E-state index contributed by atoms with van der Waals surface area (Å²) in [5.41, 5.74) is 6.32. The Kier molecular flexibility index (Phi) is 6.48. The van der Waals surface area contributed by atoms with Crippen molar-refractivity contribution in [2.24, 2.45) is 0 Å². The molecule has 0 aromatic heterocycles. The lowest BCUT2D eigenvalue weighted by Crippen LogP contribution is -2.13. The molecule has 0 spiro atoms. The van der Waals surface area contributed by atoms with Gasteiger partial charge < -0.3 is 15.2 Å². The molecule has 1 aromatic rings. The minimum absolute atomic E-state index is 0.0627. The summed E-state index contributed by atoms with van der Waals surface area (Å²) in [6, 6.07) is 4.67. The standard InChI is InChI=1S/C14H21NO5S/c1-3-19-14(16)12-10-11(15)6-7-13(12)20-8-5-9-21(17,18)4-2/h6-7,10H,3-5,8-9,15H2,1-2H3. The third-order valence-corrected chi connectivity index (χ3v) is 4.59. The number of hydrogen-bond acceptors (Lipinski definition) is 6. The van der Waals surface area contributed by atoms with E-state index in [0.717, 1.165) is 0 Å². The molecule has 118 valence electrons. The lowest BCUT2D eigenvalue weighted by atomic mass is 10.2. The quantitative estimate of drug-likeness (QED) is 0.445. The normalized spacial score (nSPS) is 11.1. The molecule has 0 radical (unpaired) electrons. The summed E-state index contributed by atoms with van der Waals surface area (Å²) in [5.74, 6) is 0.00779. The molecule has 0 aliphatic heterocycles. The molecule has 0 atom stereocenters. The molecule has 0 saturated heterocycles. The monoisotopic (exact) mass is 315 g/mol. The van der Waals surface area contributed by atoms with Crippen LogP contribution in [0.5, 0.6) is 5.75 Å². The number of nitrogen functional groups attached to an aromatic ring is 1. The molecule has 6 nitrogen and oxygen atoms in total. The van der Waals surface area contributed by atoms with Crippen LogP contribution in [0.15, 0.2) is 18.2 Å². The van der Waals surface area contributed by atoms with Crippen molar-refractivity contribution < 1.29 is 22.7 Å². The number of nitrogens with two attached hydrogens (primary N) is 1. The molecule has 1 rings (SSSR count). The van der Waals surface area contributed by atoms with Crippen molar-refractivity contribution >= 4 is 21.5 Å². The van der Waals surface area contributed by atoms with Gasteiger partial charge in [0.2, 0.25) is 0 Å². The van der Waals surface area contributed by atoms with Crippen LogP contribution in [-0.2, 0) is 14.6 Å². The zero-order valence-corrected chi connectivity index (χ0v) is 13.1. The first-order chi connectivity index (χ1) is 9.89. The van der Waals surface area contributed by atoms with E-state index in [1.165, 1.54) is 6.07 Å². The minimum Gasteiger partial charge on any atom is -0.493 e. The molecule has 2 N–H and O–H groups in total. The Morgan fingerprint density at radius 3 is 2.62 bits per heavy atom. The average Bonchev–Trinajstić information content (AvgIpc) is 2.45. The maximum absolute atomic E-state index is 11.8. The van der Waals surface area contributed by atoms with Crippen LogP contribution in [0.4, 0.5) is 5.69 Å². The van der Waals surface area contributed by atoms with Crippen molar-refractivity contribution in [1.29, 1.82) is 0 Å². The Balaban J connectivity index is 2.68. The van der Waals surface area contributed by atoms with E-state index >= 15 is 0 Å². The third kappa shape index (κ3) is 5.63. The summed E-state index contributed by atoms with van der Waals surface area (Å²) < 4.78 is 33.1. The summed E-state index contributed by atoms with van der Waals surface area (Å²) in [6.45, 7) is 3.77. The van der Waals surface area contributed by atoms with Crippen molar-refractivity contribution in [2.45, 2.75) is 20.3 Å². The van der Waals surface area contributed by atoms with Crippen molar-refractivity contribution in [1.82, 2.24) is 0 Å². The van der Waals surface area contributed by atoms with Gasteiger partial charge >= 0.3 is 5.97 Å². The van der Waals surface area contributed by atoms with Crippen molar-refractivity contribution in [2.75, 3.05) is 30.5 Å². The van der Waals surface area contributed by atoms with Crippen LogP contribution < -0.4 is 10.5 Å². The number of esters is 1. The second kappa shape index (κ2) is 7.87. The van der Waals surface area contributed by atoms with Crippen molar-refractivity contribution in [3.8, 4) is 5.75 Å². The number of carbonyl (C=O) groups is 1. The molecule has 7 heteroatoms. The minimum atomic E-state index is -3.01. The zero-order chi connectivity index (χ0) is 15.9. The van der Waals surface area contributed by atoms with Crippen molar-refractivity contribution in [3.05, 3.63) is 23.8 Å². The molecular formula is C14H21NO5S. The Morgan fingerprint density at radius 2 is 2.00 bits per heavy atom. The lowest BCUT2D eigenvalue weighted by Gasteiger charge is -2.11. The van der Waals surface area contributed by atoms with Crippen LogP contribution in [0.2, 0.25) is 0 Å². The van der Waals surface area contributed by atoms with Crippen LogP contribution in [0, 0.1) is 0 Å². The van der Waals surface area contributed by atoms with Gasteiger partial charge in [0.05, 0.1) is 19.0 Å². The summed E-state index contributed by atoms with van der Waals surface area (Å²) in [5, 5.41) is 0. The molecule has 0 bridgehead atoms. The van der Waals surface area contributed by atoms with Gasteiger partial charge in [-0.1, -0.05) is 6.92 Å². The summed E-state index contributed by atoms with van der Waals surface area (Å²) in [4.78, 5) is 11.8. The maximum Gasteiger partial charge on any atom is 0.341 e. The molecule has 0 unspecified atom stereocenters. The number of sulfone groups is 1. The van der Waals surface area contributed by atoms with Gasteiger partial charge in [0.1, 0.15) is 21.2 Å². The first-order valence-electron chi connectivity index (χ1n) is 6.79. The second-order valence-corrected chi connectivity index (χ2v) is 6.89. The Labute approximate surface area is 125 Å². The number of benzene rings is 1. The highest BCUT2D eigenvalue weighted by Crippen LogP contribution is 2.22. The molecular weight excluding hydrogens is 294 g/mol. The zero-order valence-electron chi connectivity index (χ0n) is 12.3. The van der Waals surface area contributed by atoms with Crippen LogP contribution in [0.1, 0.15) is 30.6 Å². The summed E-state index contributed by atoms with van der Waals surface area (Å²) in [6.07, 6.45) is 0.364. The SMILES string of the molecule is CCOC(=O)c1cc(N)ccc1OCCCS(=O)(=O)CC. The van der Waals surface area contributed by atoms with E-state index in [9.17, 15) is 13.2 Å². The largest absolute Gasteiger partial charge is 0.493 e. The van der Waals surface area contributed by atoms with Gasteiger partial charge in [0, 0.05) is 11.4 Å². The molecule has 0 aliphatic rings.